The Kier molecular flexibility index (Phi) is 2.28. The average Bonchev–Trinajstić information content (AvgIpc) is 1.81. The number of aryl methyl sites for hydroxylation is 1. The molecular formula is C8H8FNO2. The molecule has 1 rings (SSSR count). The molecule has 2 N–H and O–H groups in total. The van der Waals surface area contributed by atoms with Crippen molar-refractivity contribution in [1.82, 2.24) is 0 Å². The van der Waals surface area contributed by atoms with Gasteiger partial charge in [-0.25, -0.2) is 9.18 Å². The zero-order valence-electron chi connectivity index (χ0n) is 6.50. The Labute approximate surface area is 68.9 Å². The molecule has 0 fully saturated rings. The van der Waals surface area contributed by atoms with E-state index in [1.54, 1.807) is 6.92 Å². The van der Waals surface area contributed by atoms with Crippen LogP contribution in [0.5, 0.6) is 5.75 Å². The molecule has 12 heavy (non-hydrogen) atoms. The summed E-state index contributed by atoms with van der Waals surface area (Å²) in [5.74, 6) is -0.328. The fraction of sp³-hybridized carbons (Fsp3) is 0.125. The predicted molar refractivity (Wildman–Crippen MR) is 41.3 cm³/mol. The summed E-state index contributed by atoms with van der Waals surface area (Å²) in [6, 6.07) is 3.94. The van der Waals surface area contributed by atoms with E-state index in [-0.39, 0.29) is 5.75 Å². The largest absolute Gasteiger partial charge is 0.410 e. The average molecular weight is 169 g/mol. The van der Waals surface area contributed by atoms with Gasteiger partial charge in [-0.2, -0.15) is 0 Å². The van der Waals surface area contributed by atoms with E-state index >= 15 is 0 Å². The standard InChI is InChI=1S/C8H8FNO2/c1-5-2-6(9)4-7(3-5)12-8(10)11/h2-4H,1H3,(H2,10,11). The van der Waals surface area contributed by atoms with Crippen molar-refractivity contribution in [2.45, 2.75) is 6.92 Å². The van der Waals surface area contributed by atoms with Crippen LogP contribution < -0.4 is 10.5 Å². The van der Waals surface area contributed by atoms with Crippen molar-refractivity contribution in [2.24, 2.45) is 5.73 Å². The Morgan fingerprint density at radius 2 is 2.17 bits per heavy atom. The molecule has 3 nitrogen and oxygen atoms in total. The van der Waals surface area contributed by atoms with Gasteiger partial charge in [-0.3, -0.25) is 0 Å². The van der Waals surface area contributed by atoms with Crippen molar-refractivity contribution in [3.8, 4) is 5.75 Å². The van der Waals surface area contributed by atoms with E-state index in [0.717, 1.165) is 6.07 Å². The van der Waals surface area contributed by atoms with Crippen LogP contribution in [0.15, 0.2) is 18.2 Å². The molecule has 0 aromatic heterocycles. The highest BCUT2D eigenvalue weighted by molar-refractivity contribution is 5.68. The second-order valence-electron chi connectivity index (χ2n) is 2.39. The van der Waals surface area contributed by atoms with Crippen LogP contribution >= 0.6 is 0 Å². The topological polar surface area (TPSA) is 52.3 Å². The van der Waals surface area contributed by atoms with E-state index in [9.17, 15) is 9.18 Å². The second-order valence-corrected chi connectivity index (χ2v) is 2.39. The summed E-state index contributed by atoms with van der Waals surface area (Å²) in [6.07, 6.45) is -0.944. The minimum absolute atomic E-state index is 0.125. The highest BCUT2D eigenvalue weighted by Crippen LogP contribution is 2.15. The van der Waals surface area contributed by atoms with Crippen molar-refractivity contribution in [1.29, 1.82) is 0 Å². The van der Waals surface area contributed by atoms with Crippen LogP contribution in [0.2, 0.25) is 0 Å². The molecule has 0 heterocycles. The number of carbonyl (C=O) groups excluding carboxylic acids is 1. The molecular weight excluding hydrogens is 161 g/mol. The lowest BCUT2D eigenvalue weighted by Crippen LogP contribution is -2.16. The van der Waals surface area contributed by atoms with Gasteiger partial charge in [0.05, 0.1) is 0 Å². The molecule has 0 aliphatic carbocycles. The minimum atomic E-state index is -0.944. The van der Waals surface area contributed by atoms with Gasteiger partial charge in [-0.05, 0) is 24.6 Å². The third kappa shape index (κ3) is 2.23. The lowest BCUT2D eigenvalue weighted by Gasteiger charge is -2.01. The van der Waals surface area contributed by atoms with Gasteiger partial charge < -0.3 is 10.5 Å². The lowest BCUT2D eigenvalue weighted by atomic mass is 10.2. The van der Waals surface area contributed by atoms with E-state index in [4.69, 9.17) is 5.73 Å². The van der Waals surface area contributed by atoms with E-state index in [1.165, 1.54) is 12.1 Å². The van der Waals surface area contributed by atoms with Crippen molar-refractivity contribution >= 4 is 6.09 Å². The number of amides is 1. The summed E-state index contributed by atoms with van der Waals surface area (Å²) in [5, 5.41) is 0. The molecule has 0 saturated carbocycles. The Hall–Kier alpha value is -1.58. The highest BCUT2D eigenvalue weighted by Gasteiger charge is 2.01. The molecule has 0 saturated heterocycles. The van der Waals surface area contributed by atoms with Crippen LogP contribution in [0, 0.1) is 12.7 Å². The third-order valence-electron chi connectivity index (χ3n) is 1.23. The molecule has 0 bridgehead atoms. The number of benzene rings is 1. The van der Waals surface area contributed by atoms with Crippen molar-refractivity contribution in [3.05, 3.63) is 29.6 Å². The van der Waals surface area contributed by atoms with E-state index in [1.807, 2.05) is 0 Å². The summed E-state index contributed by atoms with van der Waals surface area (Å²) in [7, 11) is 0. The molecule has 1 aromatic rings. The van der Waals surface area contributed by atoms with Gasteiger partial charge in [0.2, 0.25) is 0 Å². The molecule has 0 radical (unpaired) electrons. The maximum absolute atomic E-state index is 12.6. The number of primary amides is 1. The number of halogens is 1. The second kappa shape index (κ2) is 3.21. The number of rotatable bonds is 1. The van der Waals surface area contributed by atoms with Crippen molar-refractivity contribution < 1.29 is 13.9 Å². The maximum Gasteiger partial charge on any atom is 0.409 e. The number of nitrogens with two attached hydrogens (primary N) is 1. The van der Waals surface area contributed by atoms with Crippen LogP contribution in [0.3, 0.4) is 0 Å². The van der Waals surface area contributed by atoms with Gasteiger partial charge in [-0.1, -0.05) is 0 Å². The van der Waals surface area contributed by atoms with E-state index in [2.05, 4.69) is 4.74 Å². The Balaban J connectivity index is 2.93. The van der Waals surface area contributed by atoms with Gasteiger partial charge >= 0.3 is 6.09 Å². The molecule has 0 atom stereocenters. The zero-order chi connectivity index (χ0) is 9.14. The lowest BCUT2D eigenvalue weighted by molar-refractivity contribution is 0.210. The molecule has 64 valence electrons. The van der Waals surface area contributed by atoms with Crippen LogP contribution in [0.4, 0.5) is 9.18 Å². The molecule has 0 aliphatic rings. The fourth-order valence-corrected chi connectivity index (χ4v) is 0.878. The van der Waals surface area contributed by atoms with Gasteiger partial charge in [0.25, 0.3) is 0 Å². The number of hydrogen-bond donors (Lipinski definition) is 1. The van der Waals surface area contributed by atoms with Gasteiger partial charge in [-0.15, -0.1) is 0 Å². The van der Waals surface area contributed by atoms with Gasteiger partial charge in [0, 0.05) is 6.07 Å². The summed E-state index contributed by atoms with van der Waals surface area (Å²) in [5.41, 5.74) is 5.41. The molecule has 4 heteroatoms. The number of ether oxygens (including phenoxy) is 1. The summed E-state index contributed by atoms with van der Waals surface area (Å²) < 4.78 is 17.1. The Bertz CT molecular complexity index is 292. The van der Waals surface area contributed by atoms with Crippen LogP contribution in [-0.2, 0) is 0 Å². The number of carbonyl (C=O) groups is 1. The van der Waals surface area contributed by atoms with E-state index in [0.29, 0.717) is 5.56 Å². The van der Waals surface area contributed by atoms with Gasteiger partial charge in [0.1, 0.15) is 11.6 Å². The number of hydrogen-bond acceptors (Lipinski definition) is 2. The first-order valence-corrected chi connectivity index (χ1v) is 3.32. The fourth-order valence-electron chi connectivity index (χ4n) is 0.878. The highest BCUT2D eigenvalue weighted by atomic mass is 19.1. The van der Waals surface area contributed by atoms with Gasteiger partial charge in [0.15, 0.2) is 0 Å². The summed E-state index contributed by atoms with van der Waals surface area (Å²) in [6.45, 7) is 1.69. The molecule has 0 spiro atoms. The monoisotopic (exact) mass is 169 g/mol. The Morgan fingerprint density at radius 3 is 2.67 bits per heavy atom. The smallest absolute Gasteiger partial charge is 0.409 e. The van der Waals surface area contributed by atoms with Crippen LogP contribution in [0.25, 0.3) is 0 Å². The SMILES string of the molecule is Cc1cc(F)cc(OC(N)=O)c1. The first kappa shape index (κ1) is 8.52. The summed E-state index contributed by atoms with van der Waals surface area (Å²) >= 11 is 0. The molecule has 0 aliphatic heterocycles. The normalized spacial score (nSPS) is 9.50. The zero-order valence-corrected chi connectivity index (χ0v) is 6.50. The predicted octanol–water partition coefficient (Wildman–Crippen LogP) is 1.59. The molecule has 1 aromatic carbocycles. The maximum atomic E-state index is 12.6. The first-order chi connectivity index (χ1) is 5.58. The van der Waals surface area contributed by atoms with Crippen LogP contribution in [-0.4, -0.2) is 6.09 Å². The van der Waals surface area contributed by atoms with Crippen molar-refractivity contribution in [2.75, 3.05) is 0 Å². The van der Waals surface area contributed by atoms with Crippen molar-refractivity contribution in [3.63, 3.8) is 0 Å². The quantitative estimate of drug-likeness (QED) is 0.694. The third-order valence-corrected chi connectivity index (χ3v) is 1.23. The summed E-state index contributed by atoms with van der Waals surface area (Å²) in [4.78, 5) is 10.3. The van der Waals surface area contributed by atoms with E-state index < -0.39 is 11.9 Å². The molecule has 0 unspecified atom stereocenters. The Morgan fingerprint density at radius 1 is 1.50 bits per heavy atom. The first-order valence-electron chi connectivity index (χ1n) is 3.32. The van der Waals surface area contributed by atoms with Crippen LogP contribution in [0.1, 0.15) is 5.56 Å². The minimum Gasteiger partial charge on any atom is -0.410 e. The molecule has 1 amide bonds.